The Bertz CT molecular complexity index is 433. The van der Waals surface area contributed by atoms with Crippen LogP contribution in [-0.2, 0) is 4.74 Å². The van der Waals surface area contributed by atoms with E-state index in [0.717, 1.165) is 11.0 Å². The van der Waals surface area contributed by atoms with Gasteiger partial charge in [0.1, 0.15) is 17.4 Å². The lowest BCUT2D eigenvalue weighted by Crippen LogP contribution is -2.24. The molecule has 1 atom stereocenters. The van der Waals surface area contributed by atoms with E-state index in [0.29, 0.717) is 25.5 Å². The van der Waals surface area contributed by atoms with E-state index in [1.165, 1.54) is 0 Å². The van der Waals surface area contributed by atoms with Crippen LogP contribution in [-0.4, -0.2) is 31.9 Å². The highest BCUT2D eigenvalue weighted by Gasteiger charge is 2.12. The Morgan fingerprint density at radius 1 is 1.41 bits per heavy atom. The van der Waals surface area contributed by atoms with Crippen molar-refractivity contribution in [1.82, 2.24) is 5.32 Å². The molecule has 1 unspecified atom stereocenters. The minimum absolute atomic E-state index is 0.461. The van der Waals surface area contributed by atoms with Crippen molar-refractivity contribution >= 4 is 11.0 Å². The molecule has 4 nitrogen and oxygen atoms in total. The summed E-state index contributed by atoms with van der Waals surface area (Å²) >= 11 is 0. The maximum Gasteiger partial charge on any atom is 0.135 e. The molecule has 0 radical (unpaired) electrons. The van der Waals surface area contributed by atoms with Gasteiger partial charge in [-0.05, 0) is 12.1 Å². The highest BCUT2D eigenvalue weighted by atomic mass is 16.5. The van der Waals surface area contributed by atoms with Gasteiger partial charge in [-0.3, -0.25) is 0 Å². The van der Waals surface area contributed by atoms with E-state index in [1.54, 1.807) is 7.11 Å². The number of aliphatic hydroxyl groups is 1. The molecule has 0 saturated carbocycles. The van der Waals surface area contributed by atoms with Gasteiger partial charge in [0.2, 0.25) is 0 Å². The maximum absolute atomic E-state index is 9.92. The van der Waals surface area contributed by atoms with Crippen LogP contribution in [0.5, 0.6) is 0 Å². The average molecular weight is 235 g/mol. The van der Waals surface area contributed by atoms with Crippen molar-refractivity contribution < 1.29 is 14.3 Å². The maximum atomic E-state index is 9.92. The highest BCUT2D eigenvalue weighted by molar-refractivity contribution is 5.77. The number of methoxy groups -OCH3 is 1. The van der Waals surface area contributed by atoms with Gasteiger partial charge in [-0.25, -0.2) is 0 Å². The molecular formula is C13H17NO3. The molecule has 2 aromatic rings. The van der Waals surface area contributed by atoms with Crippen LogP contribution in [0.3, 0.4) is 0 Å². The lowest BCUT2D eigenvalue weighted by Gasteiger charge is -2.08. The van der Waals surface area contributed by atoms with Crippen LogP contribution < -0.4 is 5.32 Å². The van der Waals surface area contributed by atoms with E-state index in [-0.39, 0.29) is 0 Å². The quantitative estimate of drug-likeness (QED) is 0.748. The van der Waals surface area contributed by atoms with Gasteiger partial charge in [0.15, 0.2) is 0 Å². The standard InChI is InChI=1S/C13H17NO3/c1-16-7-6-14-9-11(15)13-8-10-4-2-3-5-12(10)17-13/h2-5,8,11,14-15H,6-7,9H2,1H3. The van der Waals surface area contributed by atoms with Crippen LogP contribution in [0.15, 0.2) is 34.7 Å². The molecule has 0 aliphatic carbocycles. The van der Waals surface area contributed by atoms with Crippen LogP contribution in [0.2, 0.25) is 0 Å². The zero-order valence-electron chi connectivity index (χ0n) is 9.85. The lowest BCUT2D eigenvalue weighted by molar-refractivity contribution is 0.142. The Balaban J connectivity index is 1.96. The van der Waals surface area contributed by atoms with Gasteiger partial charge < -0.3 is 19.6 Å². The van der Waals surface area contributed by atoms with E-state index >= 15 is 0 Å². The number of furan rings is 1. The molecule has 0 saturated heterocycles. The predicted octanol–water partition coefficient (Wildman–Crippen LogP) is 1.70. The van der Waals surface area contributed by atoms with Gasteiger partial charge in [-0.15, -0.1) is 0 Å². The van der Waals surface area contributed by atoms with Crippen LogP contribution in [0, 0.1) is 0 Å². The first-order valence-electron chi connectivity index (χ1n) is 5.67. The normalized spacial score (nSPS) is 13.1. The summed E-state index contributed by atoms with van der Waals surface area (Å²) in [4.78, 5) is 0. The summed E-state index contributed by atoms with van der Waals surface area (Å²) in [5, 5.41) is 14.0. The Morgan fingerprint density at radius 3 is 3.00 bits per heavy atom. The smallest absolute Gasteiger partial charge is 0.135 e. The molecule has 0 spiro atoms. The largest absolute Gasteiger partial charge is 0.458 e. The van der Waals surface area contributed by atoms with E-state index in [1.807, 2.05) is 30.3 Å². The monoisotopic (exact) mass is 235 g/mol. The minimum atomic E-state index is -0.626. The van der Waals surface area contributed by atoms with E-state index in [9.17, 15) is 5.11 Å². The summed E-state index contributed by atoms with van der Waals surface area (Å²) in [7, 11) is 1.65. The fourth-order valence-electron chi connectivity index (χ4n) is 1.68. The number of fused-ring (bicyclic) bond motifs is 1. The van der Waals surface area contributed by atoms with Gasteiger partial charge in [-0.1, -0.05) is 18.2 Å². The molecule has 1 aromatic carbocycles. The van der Waals surface area contributed by atoms with Crippen molar-refractivity contribution in [2.45, 2.75) is 6.10 Å². The molecule has 0 aliphatic heterocycles. The SMILES string of the molecule is COCCNCC(O)c1cc2ccccc2o1. The van der Waals surface area contributed by atoms with Crippen LogP contribution in [0.25, 0.3) is 11.0 Å². The molecule has 0 aliphatic rings. The summed E-state index contributed by atoms with van der Waals surface area (Å²) in [5.74, 6) is 0.594. The molecular weight excluding hydrogens is 218 g/mol. The number of nitrogens with one attached hydrogen (secondary N) is 1. The van der Waals surface area contributed by atoms with Crippen molar-refractivity contribution in [2.24, 2.45) is 0 Å². The van der Waals surface area contributed by atoms with Gasteiger partial charge >= 0.3 is 0 Å². The van der Waals surface area contributed by atoms with Crippen molar-refractivity contribution in [3.8, 4) is 0 Å². The zero-order valence-corrected chi connectivity index (χ0v) is 9.85. The van der Waals surface area contributed by atoms with Crippen molar-refractivity contribution in [3.05, 3.63) is 36.1 Å². The molecule has 92 valence electrons. The van der Waals surface area contributed by atoms with Crippen molar-refractivity contribution in [1.29, 1.82) is 0 Å². The Kier molecular flexibility index (Phi) is 4.14. The number of aliphatic hydroxyl groups excluding tert-OH is 1. The number of para-hydroxylation sites is 1. The predicted molar refractivity (Wildman–Crippen MR) is 65.9 cm³/mol. The fourth-order valence-corrected chi connectivity index (χ4v) is 1.68. The summed E-state index contributed by atoms with van der Waals surface area (Å²) in [6.07, 6.45) is -0.626. The second kappa shape index (κ2) is 5.82. The topological polar surface area (TPSA) is 54.6 Å². The van der Waals surface area contributed by atoms with E-state index in [2.05, 4.69) is 5.32 Å². The number of hydrogen-bond acceptors (Lipinski definition) is 4. The third-order valence-electron chi connectivity index (χ3n) is 2.59. The summed E-state index contributed by atoms with van der Waals surface area (Å²) in [6.45, 7) is 1.81. The van der Waals surface area contributed by atoms with Gasteiger partial charge in [0, 0.05) is 25.6 Å². The highest BCUT2D eigenvalue weighted by Crippen LogP contribution is 2.23. The first-order valence-corrected chi connectivity index (χ1v) is 5.67. The van der Waals surface area contributed by atoms with Gasteiger partial charge in [0.25, 0.3) is 0 Å². The number of hydrogen-bond donors (Lipinski definition) is 2. The molecule has 1 heterocycles. The third kappa shape index (κ3) is 3.06. The third-order valence-corrected chi connectivity index (χ3v) is 2.59. The fraction of sp³-hybridized carbons (Fsp3) is 0.385. The second-order valence-corrected chi connectivity index (χ2v) is 3.90. The lowest BCUT2D eigenvalue weighted by atomic mass is 10.2. The molecule has 17 heavy (non-hydrogen) atoms. The first-order chi connectivity index (χ1) is 8.31. The molecule has 0 fully saturated rings. The zero-order chi connectivity index (χ0) is 12.1. The van der Waals surface area contributed by atoms with Crippen molar-refractivity contribution in [2.75, 3.05) is 26.8 Å². The first kappa shape index (κ1) is 12.1. The summed E-state index contributed by atoms with van der Waals surface area (Å²) < 4.78 is 10.5. The summed E-state index contributed by atoms with van der Waals surface area (Å²) in [6, 6.07) is 9.60. The molecule has 0 bridgehead atoms. The molecule has 1 aromatic heterocycles. The number of ether oxygens (including phenoxy) is 1. The second-order valence-electron chi connectivity index (χ2n) is 3.90. The minimum Gasteiger partial charge on any atom is -0.458 e. The van der Waals surface area contributed by atoms with Crippen molar-refractivity contribution in [3.63, 3.8) is 0 Å². The Labute approximate surface area is 100 Å². The van der Waals surface area contributed by atoms with Crippen LogP contribution in [0.4, 0.5) is 0 Å². The molecule has 2 rings (SSSR count). The Morgan fingerprint density at radius 2 is 2.24 bits per heavy atom. The Hall–Kier alpha value is -1.36. The van der Waals surface area contributed by atoms with Crippen LogP contribution in [0.1, 0.15) is 11.9 Å². The number of benzene rings is 1. The number of rotatable bonds is 6. The molecule has 4 heteroatoms. The summed E-state index contributed by atoms with van der Waals surface area (Å²) in [5.41, 5.74) is 0.804. The molecule has 2 N–H and O–H groups in total. The average Bonchev–Trinajstić information content (AvgIpc) is 2.78. The van der Waals surface area contributed by atoms with Gasteiger partial charge in [0.05, 0.1) is 6.61 Å². The van der Waals surface area contributed by atoms with Crippen LogP contribution >= 0.6 is 0 Å². The van der Waals surface area contributed by atoms with E-state index in [4.69, 9.17) is 9.15 Å². The van der Waals surface area contributed by atoms with E-state index < -0.39 is 6.10 Å². The molecule has 0 amide bonds. The van der Waals surface area contributed by atoms with Gasteiger partial charge in [-0.2, -0.15) is 0 Å².